The highest BCUT2D eigenvalue weighted by atomic mass is 19.4. The number of alkyl halides is 3. The number of nitrogens with two attached hydrogens (primary N) is 1. The van der Waals surface area contributed by atoms with E-state index in [0.717, 1.165) is 11.1 Å². The summed E-state index contributed by atoms with van der Waals surface area (Å²) in [5, 5.41) is 9.83. The smallest absolute Gasteiger partial charge is 0.475 e. The average Bonchev–Trinajstić information content (AvgIpc) is 3.24. The Hall–Kier alpha value is -3.80. The molecule has 1 heterocycles. The van der Waals surface area contributed by atoms with Gasteiger partial charge < -0.3 is 30.4 Å². The lowest BCUT2D eigenvalue weighted by Crippen LogP contribution is -2.41. The molecule has 1 unspecified atom stereocenters. The van der Waals surface area contributed by atoms with E-state index < -0.39 is 30.1 Å². The SMILES string of the molecule is NC(CC(=O)OCc1ccccc1)C(=O)NCc1ccc2c(c1)OCO2.O=C(O)C(F)(F)F. The zero-order chi connectivity index (χ0) is 24.4. The van der Waals surface area contributed by atoms with Crippen molar-refractivity contribution >= 4 is 17.8 Å². The highest BCUT2D eigenvalue weighted by Gasteiger charge is 2.38. The first kappa shape index (κ1) is 25.5. The normalized spacial score (nSPS) is 12.7. The van der Waals surface area contributed by atoms with E-state index >= 15 is 0 Å². The molecule has 1 amide bonds. The number of ether oxygens (including phenoxy) is 3. The van der Waals surface area contributed by atoms with Crippen molar-refractivity contribution in [1.29, 1.82) is 0 Å². The second-order valence-corrected chi connectivity index (χ2v) is 6.67. The Morgan fingerprint density at radius 1 is 1.06 bits per heavy atom. The molecule has 0 aliphatic carbocycles. The maximum Gasteiger partial charge on any atom is 0.490 e. The van der Waals surface area contributed by atoms with Crippen LogP contribution in [0.3, 0.4) is 0 Å². The molecule has 0 spiro atoms. The van der Waals surface area contributed by atoms with Crippen molar-refractivity contribution in [2.75, 3.05) is 6.79 Å². The molecule has 0 aromatic heterocycles. The van der Waals surface area contributed by atoms with Crippen molar-refractivity contribution in [3.63, 3.8) is 0 Å². The maximum atomic E-state index is 12.1. The number of halogens is 3. The number of carboxylic acids is 1. The minimum Gasteiger partial charge on any atom is -0.475 e. The zero-order valence-corrected chi connectivity index (χ0v) is 17.1. The molecule has 1 aliphatic heterocycles. The molecule has 0 radical (unpaired) electrons. The van der Waals surface area contributed by atoms with E-state index in [1.165, 1.54) is 0 Å². The molecule has 2 aromatic rings. The molecular weight excluding hydrogens is 449 g/mol. The highest BCUT2D eigenvalue weighted by molar-refractivity contribution is 5.86. The average molecular weight is 470 g/mol. The number of nitrogens with one attached hydrogen (secondary N) is 1. The van der Waals surface area contributed by atoms with Crippen molar-refractivity contribution in [1.82, 2.24) is 5.32 Å². The van der Waals surface area contributed by atoms with Crippen LogP contribution in [-0.4, -0.2) is 42.0 Å². The third kappa shape index (κ3) is 8.69. The van der Waals surface area contributed by atoms with Gasteiger partial charge >= 0.3 is 18.1 Å². The van der Waals surface area contributed by atoms with Gasteiger partial charge in [-0.25, -0.2) is 4.79 Å². The van der Waals surface area contributed by atoms with Crippen molar-refractivity contribution in [3.8, 4) is 11.5 Å². The van der Waals surface area contributed by atoms with Gasteiger partial charge in [-0.2, -0.15) is 13.2 Å². The van der Waals surface area contributed by atoms with Gasteiger partial charge in [0.15, 0.2) is 11.5 Å². The Morgan fingerprint density at radius 2 is 1.70 bits per heavy atom. The topological polar surface area (TPSA) is 137 Å². The number of amides is 1. The lowest BCUT2D eigenvalue weighted by Gasteiger charge is -2.12. The highest BCUT2D eigenvalue weighted by Crippen LogP contribution is 2.32. The van der Waals surface area contributed by atoms with Gasteiger partial charge in [0.1, 0.15) is 6.61 Å². The summed E-state index contributed by atoms with van der Waals surface area (Å²) < 4.78 is 47.4. The van der Waals surface area contributed by atoms with Gasteiger partial charge in [0.25, 0.3) is 0 Å². The van der Waals surface area contributed by atoms with Crippen LogP contribution in [-0.2, 0) is 32.3 Å². The largest absolute Gasteiger partial charge is 0.490 e. The summed E-state index contributed by atoms with van der Waals surface area (Å²) in [6.45, 7) is 0.633. The van der Waals surface area contributed by atoms with E-state index in [9.17, 15) is 22.8 Å². The van der Waals surface area contributed by atoms with Gasteiger partial charge in [-0.05, 0) is 23.3 Å². The van der Waals surface area contributed by atoms with Crippen LogP contribution in [0.5, 0.6) is 11.5 Å². The van der Waals surface area contributed by atoms with Crippen molar-refractivity contribution in [3.05, 3.63) is 59.7 Å². The Morgan fingerprint density at radius 3 is 2.33 bits per heavy atom. The molecular formula is C21H21F3N2O7. The number of hydrogen-bond acceptors (Lipinski definition) is 7. The molecule has 9 nitrogen and oxygen atoms in total. The summed E-state index contributed by atoms with van der Waals surface area (Å²) in [6.07, 6.45) is -5.26. The van der Waals surface area contributed by atoms with E-state index in [1.807, 2.05) is 36.4 Å². The predicted molar refractivity (Wildman–Crippen MR) is 107 cm³/mol. The Balaban J connectivity index is 0.000000479. The number of hydrogen-bond donors (Lipinski definition) is 3. The monoisotopic (exact) mass is 470 g/mol. The van der Waals surface area contributed by atoms with Crippen LogP contribution in [0.4, 0.5) is 13.2 Å². The standard InChI is InChI=1S/C19H20N2O5.C2HF3O2/c20-15(9-18(22)24-11-13-4-2-1-3-5-13)19(23)21-10-14-6-7-16-17(8-14)26-12-25-16;3-2(4,5)1(6)7/h1-8,15H,9-12,20H2,(H,21,23);(H,6,7). The van der Waals surface area contributed by atoms with Gasteiger partial charge in [-0.15, -0.1) is 0 Å². The second-order valence-electron chi connectivity index (χ2n) is 6.67. The molecule has 0 saturated carbocycles. The van der Waals surface area contributed by atoms with Crippen molar-refractivity contribution < 1.29 is 46.9 Å². The Kier molecular flexibility index (Phi) is 9.04. The summed E-state index contributed by atoms with van der Waals surface area (Å²) in [5.41, 5.74) is 7.51. The first-order valence-electron chi connectivity index (χ1n) is 9.47. The number of rotatable bonds is 7. The van der Waals surface area contributed by atoms with Gasteiger partial charge in [0.2, 0.25) is 12.7 Å². The number of fused-ring (bicyclic) bond motifs is 1. The van der Waals surface area contributed by atoms with Crippen LogP contribution in [0, 0.1) is 0 Å². The first-order chi connectivity index (χ1) is 15.6. The third-order valence-corrected chi connectivity index (χ3v) is 4.11. The quantitative estimate of drug-likeness (QED) is 0.524. The van der Waals surface area contributed by atoms with Gasteiger partial charge in [-0.3, -0.25) is 9.59 Å². The molecule has 178 valence electrons. The number of benzene rings is 2. The molecule has 1 aliphatic rings. The zero-order valence-electron chi connectivity index (χ0n) is 17.1. The molecule has 33 heavy (non-hydrogen) atoms. The summed E-state index contributed by atoms with van der Waals surface area (Å²) >= 11 is 0. The summed E-state index contributed by atoms with van der Waals surface area (Å²) in [5.74, 6) is -2.37. The number of esters is 1. The van der Waals surface area contributed by atoms with Gasteiger partial charge in [0.05, 0.1) is 12.5 Å². The fourth-order valence-electron chi connectivity index (χ4n) is 2.44. The molecule has 3 rings (SSSR count). The minimum atomic E-state index is -5.08. The van der Waals surface area contributed by atoms with E-state index in [2.05, 4.69) is 5.32 Å². The first-order valence-corrected chi connectivity index (χ1v) is 9.47. The van der Waals surface area contributed by atoms with E-state index in [1.54, 1.807) is 12.1 Å². The van der Waals surface area contributed by atoms with Crippen LogP contribution >= 0.6 is 0 Å². The second kappa shape index (κ2) is 11.7. The summed E-state index contributed by atoms with van der Waals surface area (Å²) in [6, 6.07) is 13.7. The third-order valence-electron chi connectivity index (χ3n) is 4.11. The van der Waals surface area contributed by atoms with Crippen LogP contribution in [0.2, 0.25) is 0 Å². The number of carboxylic acid groups (broad SMARTS) is 1. The lowest BCUT2D eigenvalue weighted by atomic mass is 10.1. The molecule has 0 saturated heterocycles. The van der Waals surface area contributed by atoms with Crippen LogP contribution in [0.15, 0.2) is 48.5 Å². The molecule has 1 atom stereocenters. The molecule has 0 fully saturated rings. The van der Waals surface area contributed by atoms with E-state index in [0.29, 0.717) is 11.5 Å². The van der Waals surface area contributed by atoms with Gasteiger partial charge in [-0.1, -0.05) is 36.4 Å². The fraction of sp³-hybridized carbons (Fsp3) is 0.286. The fourth-order valence-corrected chi connectivity index (χ4v) is 2.44. The lowest BCUT2D eigenvalue weighted by molar-refractivity contribution is -0.192. The van der Waals surface area contributed by atoms with Crippen LogP contribution in [0.1, 0.15) is 17.5 Å². The molecule has 4 N–H and O–H groups in total. The number of aliphatic carboxylic acids is 1. The molecule has 0 bridgehead atoms. The van der Waals surface area contributed by atoms with Crippen molar-refractivity contribution in [2.24, 2.45) is 5.73 Å². The number of carbonyl (C=O) groups excluding carboxylic acids is 2. The van der Waals surface area contributed by atoms with Crippen LogP contribution < -0.4 is 20.5 Å². The minimum absolute atomic E-state index is 0.158. The number of carbonyl (C=O) groups is 3. The Labute approximate surface area is 186 Å². The molecule has 12 heteroatoms. The maximum absolute atomic E-state index is 12.1. The van der Waals surface area contributed by atoms with E-state index in [4.69, 9.17) is 29.8 Å². The summed E-state index contributed by atoms with van der Waals surface area (Å²) in [4.78, 5) is 32.8. The van der Waals surface area contributed by atoms with Gasteiger partial charge in [0, 0.05) is 6.54 Å². The van der Waals surface area contributed by atoms with Crippen LogP contribution in [0.25, 0.3) is 0 Å². The molecule has 2 aromatic carbocycles. The summed E-state index contributed by atoms with van der Waals surface area (Å²) in [7, 11) is 0. The van der Waals surface area contributed by atoms with Crippen molar-refractivity contribution in [2.45, 2.75) is 31.8 Å². The van der Waals surface area contributed by atoms with E-state index in [-0.39, 0.29) is 26.4 Å². The predicted octanol–water partition coefficient (Wildman–Crippen LogP) is 2.13. The Bertz CT molecular complexity index is 968.